The minimum Gasteiger partial charge on any atom is -0.462 e. The van der Waals surface area contributed by atoms with Gasteiger partial charge in [0.25, 0.3) is 11.8 Å². The number of thiazole rings is 1. The van der Waals surface area contributed by atoms with Gasteiger partial charge in [-0.3, -0.25) is 9.59 Å². The molecule has 0 saturated carbocycles. The Morgan fingerprint density at radius 2 is 1.92 bits per heavy atom. The van der Waals surface area contributed by atoms with E-state index in [4.69, 9.17) is 8.83 Å². The lowest BCUT2D eigenvalue weighted by Crippen LogP contribution is -2.46. The SMILES string of the molecule is O=C(NC1CCN(C(=O)c2ccco2)CC1)c1csc(-c2ccco2)n1. The number of carbonyl (C=O) groups is 2. The Morgan fingerprint density at radius 1 is 1.15 bits per heavy atom. The summed E-state index contributed by atoms with van der Waals surface area (Å²) in [5.41, 5.74) is 0.385. The Labute approximate surface area is 153 Å². The van der Waals surface area contributed by atoms with E-state index in [1.807, 2.05) is 6.07 Å². The molecule has 0 aromatic carbocycles. The molecule has 1 saturated heterocycles. The van der Waals surface area contributed by atoms with Crippen LogP contribution in [0, 0.1) is 0 Å². The summed E-state index contributed by atoms with van der Waals surface area (Å²) >= 11 is 1.37. The number of piperidine rings is 1. The number of hydrogen-bond donors (Lipinski definition) is 1. The van der Waals surface area contributed by atoms with E-state index in [-0.39, 0.29) is 17.9 Å². The third-order valence-electron chi connectivity index (χ3n) is 4.32. The summed E-state index contributed by atoms with van der Waals surface area (Å²) in [6, 6.07) is 6.98. The average Bonchev–Trinajstić information content (AvgIpc) is 3.43. The molecule has 3 aromatic rings. The van der Waals surface area contributed by atoms with Crippen molar-refractivity contribution in [2.75, 3.05) is 13.1 Å². The average molecular weight is 371 g/mol. The minimum atomic E-state index is -0.199. The second-order valence-electron chi connectivity index (χ2n) is 6.03. The fourth-order valence-electron chi connectivity index (χ4n) is 2.93. The molecule has 4 rings (SSSR count). The molecule has 0 aliphatic carbocycles. The van der Waals surface area contributed by atoms with Gasteiger partial charge in [0.1, 0.15) is 5.69 Å². The molecule has 7 nitrogen and oxygen atoms in total. The van der Waals surface area contributed by atoms with Gasteiger partial charge in [0.05, 0.1) is 12.5 Å². The summed E-state index contributed by atoms with van der Waals surface area (Å²) in [5, 5.41) is 5.41. The zero-order valence-corrected chi connectivity index (χ0v) is 14.7. The van der Waals surface area contributed by atoms with Crippen LogP contribution in [0.25, 0.3) is 10.8 Å². The van der Waals surface area contributed by atoms with E-state index in [1.165, 1.54) is 17.6 Å². The van der Waals surface area contributed by atoms with E-state index in [9.17, 15) is 9.59 Å². The second kappa shape index (κ2) is 7.17. The van der Waals surface area contributed by atoms with Gasteiger partial charge in [0, 0.05) is 24.5 Å². The fourth-order valence-corrected chi connectivity index (χ4v) is 3.70. The molecule has 0 radical (unpaired) electrons. The first kappa shape index (κ1) is 16.6. The van der Waals surface area contributed by atoms with Crippen LogP contribution in [0.15, 0.2) is 51.0 Å². The molecule has 0 unspecified atom stereocenters. The van der Waals surface area contributed by atoms with Crippen molar-refractivity contribution in [2.24, 2.45) is 0 Å². The van der Waals surface area contributed by atoms with Gasteiger partial charge in [-0.15, -0.1) is 11.3 Å². The summed E-state index contributed by atoms with van der Waals surface area (Å²) in [5.74, 6) is 0.691. The van der Waals surface area contributed by atoms with Crippen molar-refractivity contribution in [1.82, 2.24) is 15.2 Å². The van der Waals surface area contributed by atoms with Gasteiger partial charge in [-0.2, -0.15) is 0 Å². The Balaban J connectivity index is 1.31. The molecule has 2 amide bonds. The maximum Gasteiger partial charge on any atom is 0.289 e. The Bertz CT molecular complexity index is 878. The normalized spacial score (nSPS) is 15.2. The third-order valence-corrected chi connectivity index (χ3v) is 5.17. The predicted molar refractivity (Wildman–Crippen MR) is 94.9 cm³/mol. The van der Waals surface area contributed by atoms with E-state index in [2.05, 4.69) is 10.3 Å². The van der Waals surface area contributed by atoms with Crippen molar-refractivity contribution in [2.45, 2.75) is 18.9 Å². The summed E-state index contributed by atoms with van der Waals surface area (Å²) < 4.78 is 10.5. The highest BCUT2D eigenvalue weighted by Gasteiger charge is 2.26. The number of likely N-dealkylation sites (tertiary alicyclic amines) is 1. The highest BCUT2D eigenvalue weighted by molar-refractivity contribution is 7.13. The number of nitrogens with one attached hydrogen (secondary N) is 1. The summed E-state index contributed by atoms with van der Waals surface area (Å²) in [6.07, 6.45) is 4.47. The van der Waals surface area contributed by atoms with Crippen LogP contribution in [0.1, 0.15) is 33.9 Å². The molecule has 1 fully saturated rings. The topological polar surface area (TPSA) is 88.6 Å². The Hall–Kier alpha value is -2.87. The maximum atomic E-state index is 12.4. The number of carbonyl (C=O) groups excluding carboxylic acids is 2. The smallest absolute Gasteiger partial charge is 0.289 e. The first-order valence-corrected chi connectivity index (χ1v) is 9.22. The van der Waals surface area contributed by atoms with E-state index in [0.717, 1.165) is 0 Å². The van der Waals surface area contributed by atoms with Crippen LogP contribution in [0.3, 0.4) is 0 Å². The molecule has 1 aliphatic rings. The van der Waals surface area contributed by atoms with E-state index >= 15 is 0 Å². The predicted octanol–water partition coefficient (Wildman–Crippen LogP) is 3.03. The van der Waals surface area contributed by atoms with Crippen molar-refractivity contribution >= 4 is 23.2 Å². The highest BCUT2D eigenvalue weighted by atomic mass is 32.1. The number of furan rings is 2. The summed E-state index contributed by atoms with van der Waals surface area (Å²) in [4.78, 5) is 30.7. The maximum absolute atomic E-state index is 12.4. The first-order chi connectivity index (χ1) is 12.7. The third kappa shape index (κ3) is 3.41. The largest absolute Gasteiger partial charge is 0.462 e. The number of nitrogens with zero attached hydrogens (tertiary/aromatic N) is 2. The van der Waals surface area contributed by atoms with Gasteiger partial charge in [-0.1, -0.05) is 0 Å². The molecular weight excluding hydrogens is 354 g/mol. The number of amides is 2. The molecule has 8 heteroatoms. The van der Waals surface area contributed by atoms with Gasteiger partial charge in [-0.25, -0.2) is 4.98 Å². The van der Waals surface area contributed by atoms with Gasteiger partial charge < -0.3 is 19.1 Å². The first-order valence-electron chi connectivity index (χ1n) is 8.34. The van der Waals surface area contributed by atoms with Crippen LogP contribution in [0.2, 0.25) is 0 Å². The quantitative estimate of drug-likeness (QED) is 0.761. The zero-order valence-electron chi connectivity index (χ0n) is 13.9. The number of aromatic nitrogens is 1. The fraction of sp³-hybridized carbons (Fsp3) is 0.278. The Kier molecular flexibility index (Phi) is 4.57. The molecule has 3 aromatic heterocycles. The van der Waals surface area contributed by atoms with Crippen LogP contribution < -0.4 is 5.32 Å². The van der Waals surface area contributed by atoms with Crippen LogP contribution in [-0.2, 0) is 0 Å². The van der Waals surface area contributed by atoms with Crippen LogP contribution in [0.5, 0.6) is 0 Å². The molecule has 4 heterocycles. The van der Waals surface area contributed by atoms with E-state index in [1.54, 1.807) is 34.7 Å². The standard InChI is InChI=1S/C18H17N3O4S/c22-16(13-11-26-17(20-13)14-3-1-9-24-14)19-12-5-7-21(8-6-12)18(23)15-4-2-10-25-15/h1-4,9-12H,5-8H2,(H,19,22). The molecular formula is C18H17N3O4S. The van der Waals surface area contributed by atoms with Crippen molar-refractivity contribution < 1.29 is 18.4 Å². The van der Waals surface area contributed by atoms with Gasteiger partial charge >= 0.3 is 0 Å². The molecule has 0 atom stereocenters. The van der Waals surface area contributed by atoms with Gasteiger partial charge in [-0.05, 0) is 37.1 Å². The number of rotatable bonds is 4. The number of hydrogen-bond acceptors (Lipinski definition) is 6. The molecule has 0 bridgehead atoms. The van der Waals surface area contributed by atoms with Crippen LogP contribution >= 0.6 is 11.3 Å². The molecule has 1 aliphatic heterocycles. The van der Waals surface area contributed by atoms with E-state index < -0.39 is 0 Å². The van der Waals surface area contributed by atoms with Crippen LogP contribution in [-0.4, -0.2) is 40.8 Å². The van der Waals surface area contributed by atoms with Crippen molar-refractivity contribution in [3.63, 3.8) is 0 Å². The lowest BCUT2D eigenvalue weighted by Gasteiger charge is -2.31. The molecule has 134 valence electrons. The Morgan fingerprint density at radius 3 is 2.62 bits per heavy atom. The van der Waals surface area contributed by atoms with Gasteiger partial charge in [0.15, 0.2) is 16.5 Å². The van der Waals surface area contributed by atoms with Crippen LogP contribution in [0.4, 0.5) is 0 Å². The molecule has 0 spiro atoms. The van der Waals surface area contributed by atoms with E-state index in [0.29, 0.717) is 48.2 Å². The lowest BCUT2D eigenvalue weighted by molar-refractivity contribution is 0.0667. The molecule has 26 heavy (non-hydrogen) atoms. The summed E-state index contributed by atoms with van der Waals surface area (Å²) in [7, 11) is 0. The lowest BCUT2D eigenvalue weighted by atomic mass is 10.0. The molecule has 1 N–H and O–H groups in total. The van der Waals surface area contributed by atoms with Crippen molar-refractivity contribution in [3.8, 4) is 10.8 Å². The highest BCUT2D eigenvalue weighted by Crippen LogP contribution is 2.24. The summed E-state index contributed by atoms with van der Waals surface area (Å²) in [6.45, 7) is 1.17. The zero-order chi connectivity index (χ0) is 17.9. The minimum absolute atomic E-state index is 0.0249. The van der Waals surface area contributed by atoms with Crippen molar-refractivity contribution in [3.05, 3.63) is 53.6 Å². The van der Waals surface area contributed by atoms with Gasteiger partial charge in [0.2, 0.25) is 0 Å². The van der Waals surface area contributed by atoms with Crippen molar-refractivity contribution in [1.29, 1.82) is 0 Å². The second-order valence-corrected chi connectivity index (χ2v) is 6.89. The monoisotopic (exact) mass is 371 g/mol.